The minimum atomic E-state index is -8.30. The van der Waals surface area contributed by atoms with E-state index in [1.165, 1.54) is 0 Å². The second-order valence-electron chi connectivity index (χ2n) is 3.73. The van der Waals surface area contributed by atoms with Crippen molar-refractivity contribution < 1.29 is 65.9 Å². The Hall–Kier alpha value is -1.05. The molecule has 0 radical (unpaired) electrons. The van der Waals surface area contributed by atoms with Gasteiger partial charge in [0, 0.05) is 0 Å². The van der Waals surface area contributed by atoms with Crippen molar-refractivity contribution in [2.24, 2.45) is 0 Å². The maximum atomic E-state index is 12.8. The Labute approximate surface area is 109 Å². The molecule has 134 valence electrons. The number of hydrogen-bond acceptors (Lipinski definition) is 0. The van der Waals surface area contributed by atoms with Crippen molar-refractivity contribution in [3.8, 4) is 0 Å². The lowest BCUT2D eigenvalue weighted by atomic mass is 9.88. The summed E-state index contributed by atoms with van der Waals surface area (Å²) in [5, 5.41) is 0. The Kier molecular flexibility index (Phi) is 4.74. The molecule has 0 aliphatic carbocycles. The van der Waals surface area contributed by atoms with Gasteiger partial charge in [-0.2, -0.15) is 52.7 Å². The van der Waals surface area contributed by atoms with Crippen LogP contribution in [-0.2, 0) is 0 Å². The maximum Gasteiger partial charge on any atom is 0.438 e. The van der Waals surface area contributed by atoms with Crippen LogP contribution in [0.15, 0.2) is 0 Å². The number of halogens is 15. The number of alkyl halides is 15. The van der Waals surface area contributed by atoms with Crippen molar-refractivity contribution in [3.05, 3.63) is 0 Å². The molecule has 0 aromatic carbocycles. The lowest BCUT2D eigenvalue weighted by Gasteiger charge is -2.41. The monoisotopic (exact) mass is 370 g/mol. The first kappa shape index (κ1) is 20.9. The predicted molar refractivity (Wildman–Crippen MR) is 36.8 cm³/mol. The van der Waals surface area contributed by atoms with Crippen LogP contribution in [0, 0.1) is 0 Å². The highest BCUT2D eigenvalue weighted by Crippen LogP contribution is 2.62. The van der Waals surface area contributed by atoms with Gasteiger partial charge in [0.25, 0.3) is 0 Å². The molecule has 0 saturated carbocycles. The first-order valence-electron chi connectivity index (χ1n) is 4.43. The molecule has 0 aliphatic rings. The van der Waals surface area contributed by atoms with Gasteiger partial charge in [-0.1, -0.05) is 0 Å². The molecule has 0 bridgehead atoms. The van der Waals surface area contributed by atoms with Crippen LogP contribution in [0.1, 0.15) is 0 Å². The third-order valence-electron chi connectivity index (χ3n) is 2.30. The van der Waals surface area contributed by atoms with Gasteiger partial charge in [0.15, 0.2) is 0 Å². The number of hydrogen-bond donors (Lipinski definition) is 0. The van der Waals surface area contributed by atoms with Gasteiger partial charge in [0.2, 0.25) is 0 Å². The fourth-order valence-electron chi connectivity index (χ4n) is 1.08. The molecule has 0 saturated heterocycles. The molecule has 22 heavy (non-hydrogen) atoms. The summed E-state index contributed by atoms with van der Waals surface area (Å²) in [7, 11) is 0. The molecule has 0 unspecified atom stereocenters. The minimum absolute atomic E-state index is 5.81. The van der Waals surface area contributed by atoms with E-state index in [1.54, 1.807) is 0 Å². The van der Waals surface area contributed by atoms with E-state index < -0.39 is 42.2 Å². The predicted octanol–water partition coefficient (Wildman–Crippen LogP) is 4.99. The molecular weight excluding hydrogens is 369 g/mol. The van der Waals surface area contributed by atoms with Crippen molar-refractivity contribution in [3.63, 3.8) is 0 Å². The second kappa shape index (κ2) is 4.97. The Bertz CT molecular complexity index is 383. The quantitative estimate of drug-likeness (QED) is 0.612. The molecule has 0 amide bonds. The summed E-state index contributed by atoms with van der Waals surface area (Å²) in [4.78, 5) is 0. The van der Waals surface area contributed by atoms with Crippen molar-refractivity contribution in [2.75, 3.05) is 0 Å². The van der Waals surface area contributed by atoms with E-state index in [1.807, 2.05) is 0 Å². The second-order valence-corrected chi connectivity index (χ2v) is 3.73. The molecule has 0 aliphatic heterocycles. The van der Waals surface area contributed by atoms with E-state index in [0.717, 1.165) is 0 Å². The number of rotatable bonds is 4. The third-order valence-corrected chi connectivity index (χ3v) is 2.30. The first-order chi connectivity index (χ1) is 9.19. The van der Waals surface area contributed by atoms with Crippen LogP contribution in [0.5, 0.6) is 0 Å². The molecule has 15 heteroatoms. The van der Waals surface area contributed by atoms with Crippen LogP contribution in [0.4, 0.5) is 65.9 Å². The lowest BCUT2D eigenvalue weighted by Crippen LogP contribution is -2.74. The summed E-state index contributed by atoms with van der Waals surface area (Å²) in [6.07, 6.45) is -21.5. The summed E-state index contributed by atoms with van der Waals surface area (Å²) in [5.74, 6) is -23.7. The summed E-state index contributed by atoms with van der Waals surface area (Å²) in [6.45, 7) is 0. The van der Waals surface area contributed by atoms with Crippen LogP contribution in [0.3, 0.4) is 0 Å². The minimum Gasteiger partial charge on any atom is -0.216 e. The van der Waals surface area contributed by atoms with Gasteiger partial charge in [0.05, 0.1) is 0 Å². The molecule has 0 N–H and O–H groups in total. The van der Waals surface area contributed by atoms with E-state index >= 15 is 0 Å². The largest absolute Gasteiger partial charge is 0.438 e. The average molecular weight is 370 g/mol. The Morgan fingerprint density at radius 2 is 0.727 bits per heavy atom. The van der Waals surface area contributed by atoms with Gasteiger partial charge < -0.3 is 0 Å². The first-order valence-corrected chi connectivity index (χ1v) is 4.43. The van der Waals surface area contributed by atoms with Gasteiger partial charge in [0.1, 0.15) is 0 Å². The zero-order valence-electron chi connectivity index (χ0n) is 9.25. The standard InChI is InChI=1S/C7HF15/c8-1(9)2(10,11)4(13,14)5(15,16)3(12,6(17,18)19)7(20,21)22/h1H. The van der Waals surface area contributed by atoms with Gasteiger partial charge >= 0.3 is 42.2 Å². The van der Waals surface area contributed by atoms with E-state index in [4.69, 9.17) is 0 Å². The highest BCUT2D eigenvalue weighted by atomic mass is 19.4. The lowest BCUT2D eigenvalue weighted by molar-refractivity contribution is -0.450. The topological polar surface area (TPSA) is 0 Å². The van der Waals surface area contributed by atoms with Gasteiger partial charge in [-0.3, -0.25) is 0 Å². The molecule has 0 aromatic rings. The molecule has 0 atom stereocenters. The fraction of sp³-hybridized carbons (Fsp3) is 1.00. The van der Waals surface area contributed by atoms with Crippen molar-refractivity contribution in [1.29, 1.82) is 0 Å². The van der Waals surface area contributed by atoms with Crippen LogP contribution >= 0.6 is 0 Å². The third kappa shape index (κ3) is 2.45. The SMILES string of the molecule is FC(F)C(F)(F)C(F)(F)C(F)(F)C(F)(C(F)(F)F)C(F)(F)F. The van der Waals surface area contributed by atoms with Crippen LogP contribution in [0.25, 0.3) is 0 Å². The van der Waals surface area contributed by atoms with E-state index in [0.29, 0.717) is 0 Å². The Morgan fingerprint density at radius 1 is 0.455 bits per heavy atom. The molecule has 0 spiro atoms. The highest BCUT2D eigenvalue weighted by molar-refractivity contribution is 5.14. The maximum absolute atomic E-state index is 12.8. The van der Waals surface area contributed by atoms with Gasteiger partial charge in [-0.15, -0.1) is 0 Å². The zero-order chi connectivity index (χ0) is 18.6. The van der Waals surface area contributed by atoms with Crippen molar-refractivity contribution in [1.82, 2.24) is 0 Å². The van der Waals surface area contributed by atoms with Crippen LogP contribution in [-0.4, -0.2) is 42.2 Å². The van der Waals surface area contributed by atoms with Crippen molar-refractivity contribution in [2.45, 2.75) is 42.2 Å². The molecule has 0 fully saturated rings. The average Bonchev–Trinajstić information content (AvgIpc) is 2.23. The fourth-order valence-corrected chi connectivity index (χ4v) is 1.08. The Morgan fingerprint density at radius 3 is 0.909 bits per heavy atom. The molecular formula is C7HF15. The van der Waals surface area contributed by atoms with Gasteiger partial charge in [-0.25, -0.2) is 13.2 Å². The summed E-state index contributed by atoms with van der Waals surface area (Å²) < 4.78 is 182. The summed E-state index contributed by atoms with van der Waals surface area (Å²) in [5.41, 5.74) is -8.20. The normalized spacial score (nSPS) is 16.4. The molecule has 0 heterocycles. The van der Waals surface area contributed by atoms with Crippen LogP contribution < -0.4 is 0 Å². The highest BCUT2D eigenvalue weighted by Gasteiger charge is 2.94. The molecule has 0 nitrogen and oxygen atoms in total. The molecule has 0 rings (SSSR count). The van der Waals surface area contributed by atoms with E-state index in [9.17, 15) is 65.9 Å². The zero-order valence-corrected chi connectivity index (χ0v) is 9.25. The van der Waals surface area contributed by atoms with Crippen molar-refractivity contribution >= 4 is 0 Å². The summed E-state index contributed by atoms with van der Waals surface area (Å²) >= 11 is 0. The Balaban J connectivity index is 6.52. The van der Waals surface area contributed by atoms with Gasteiger partial charge in [-0.05, 0) is 0 Å². The van der Waals surface area contributed by atoms with E-state index in [2.05, 4.69) is 0 Å². The van der Waals surface area contributed by atoms with E-state index in [-0.39, 0.29) is 0 Å². The van der Waals surface area contributed by atoms with Crippen LogP contribution in [0.2, 0.25) is 0 Å². The smallest absolute Gasteiger partial charge is 0.216 e. The molecule has 0 aromatic heterocycles. The summed E-state index contributed by atoms with van der Waals surface area (Å²) in [6, 6.07) is 0.